The van der Waals surface area contributed by atoms with Crippen LogP contribution in [0.3, 0.4) is 0 Å². The van der Waals surface area contributed by atoms with Crippen molar-refractivity contribution < 1.29 is 61.1 Å². The number of hydrogen-bond donors (Lipinski definition) is 1. The van der Waals surface area contributed by atoms with E-state index in [0.29, 0.717) is 0 Å². The standard InChI is InChI=1S/C16H7F12NO2S/c17-13(18,19)6-1-7(14(20,21)22)3-8(2-6)32(30,31)9-4-10(15(23,24)25)12(29)11(5-9)16(26,27)28/h1-5H,29H2. The van der Waals surface area contributed by atoms with E-state index >= 15 is 0 Å². The van der Waals surface area contributed by atoms with E-state index < -0.39 is 90.5 Å². The molecule has 16 heteroatoms. The van der Waals surface area contributed by atoms with Crippen LogP contribution in [0.15, 0.2) is 40.1 Å². The van der Waals surface area contributed by atoms with Gasteiger partial charge in [0.05, 0.1) is 37.7 Å². The molecule has 0 aromatic heterocycles. The van der Waals surface area contributed by atoms with Crippen LogP contribution in [0.5, 0.6) is 0 Å². The minimum atomic E-state index is -5.74. The summed E-state index contributed by atoms with van der Waals surface area (Å²) in [5.41, 5.74) is -5.97. The molecule has 0 aliphatic carbocycles. The van der Waals surface area contributed by atoms with E-state index in [0.717, 1.165) is 0 Å². The third kappa shape index (κ3) is 5.05. The summed E-state index contributed by atoms with van der Waals surface area (Å²) in [6.07, 6.45) is -22.3. The lowest BCUT2D eigenvalue weighted by atomic mass is 10.1. The van der Waals surface area contributed by atoms with Crippen molar-refractivity contribution in [3.63, 3.8) is 0 Å². The fourth-order valence-corrected chi connectivity index (χ4v) is 3.85. The van der Waals surface area contributed by atoms with Crippen molar-refractivity contribution in [2.45, 2.75) is 34.5 Å². The minimum Gasteiger partial charge on any atom is -0.398 e. The first-order valence-corrected chi connectivity index (χ1v) is 9.17. The Labute approximate surface area is 170 Å². The van der Waals surface area contributed by atoms with Gasteiger partial charge in [-0.25, -0.2) is 8.42 Å². The van der Waals surface area contributed by atoms with Crippen molar-refractivity contribution >= 4 is 15.5 Å². The molecule has 0 atom stereocenters. The first-order valence-electron chi connectivity index (χ1n) is 7.68. The zero-order chi connectivity index (χ0) is 25.1. The summed E-state index contributed by atoms with van der Waals surface area (Å²) < 4.78 is 181. The summed E-state index contributed by atoms with van der Waals surface area (Å²) in [4.78, 5) is -3.69. The number of anilines is 1. The van der Waals surface area contributed by atoms with E-state index in [4.69, 9.17) is 5.73 Å². The average molecular weight is 505 g/mol. The van der Waals surface area contributed by atoms with E-state index in [1.807, 2.05) is 0 Å². The van der Waals surface area contributed by atoms with Crippen molar-refractivity contribution in [2.75, 3.05) is 5.73 Å². The Morgan fingerprint density at radius 1 is 0.531 bits per heavy atom. The van der Waals surface area contributed by atoms with Gasteiger partial charge in [-0.1, -0.05) is 0 Å². The topological polar surface area (TPSA) is 60.2 Å². The van der Waals surface area contributed by atoms with Crippen molar-refractivity contribution in [1.82, 2.24) is 0 Å². The number of alkyl halides is 12. The lowest BCUT2D eigenvalue weighted by Crippen LogP contribution is -2.18. The van der Waals surface area contributed by atoms with Crippen LogP contribution < -0.4 is 5.73 Å². The van der Waals surface area contributed by atoms with Gasteiger partial charge in [0.1, 0.15) is 0 Å². The maximum Gasteiger partial charge on any atom is 0.418 e. The predicted molar refractivity (Wildman–Crippen MR) is 82.8 cm³/mol. The summed E-state index contributed by atoms with van der Waals surface area (Å²) in [6.45, 7) is 0. The predicted octanol–water partition coefficient (Wildman–Crippen LogP) is 6.18. The number of halogens is 12. The van der Waals surface area contributed by atoms with Crippen LogP contribution in [0.25, 0.3) is 0 Å². The molecule has 0 bridgehead atoms. The molecule has 0 radical (unpaired) electrons. The summed E-state index contributed by atoms with van der Waals surface area (Å²) in [7, 11) is -5.74. The van der Waals surface area contributed by atoms with Crippen molar-refractivity contribution in [3.8, 4) is 0 Å². The summed E-state index contributed by atoms with van der Waals surface area (Å²) in [6, 6.07) is -1.98. The highest BCUT2D eigenvalue weighted by Gasteiger charge is 2.43. The Balaban J connectivity index is 2.93. The lowest BCUT2D eigenvalue weighted by Gasteiger charge is -2.19. The van der Waals surface area contributed by atoms with E-state index in [1.54, 1.807) is 0 Å². The van der Waals surface area contributed by atoms with Crippen LogP contribution in [0.2, 0.25) is 0 Å². The first kappa shape index (κ1) is 25.6. The molecular weight excluding hydrogens is 498 g/mol. The Bertz CT molecular complexity index is 1070. The number of benzene rings is 2. The average Bonchev–Trinajstić information content (AvgIpc) is 2.57. The van der Waals surface area contributed by atoms with E-state index in [2.05, 4.69) is 0 Å². The Hall–Kier alpha value is -2.65. The molecule has 178 valence electrons. The van der Waals surface area contributed by atoms with Crippen LogP contribution in [0.4, 0.5) is 58.4 Å². The molecule has 0 aliphatic heterocycles. The van der Waals surface area contributed by atoms with Crippen molar-refractivity contribution in [1.29, 1.82) is 0 Å². The minimum absolute atomic E-state index is 0.346. The molecule has 32 heavy (non-hydrogen) atoms. The van der Waals surface area contributed by atoms with E-state index in [9.17, 15) is 61.1 Å². The van der Waals surface area contributed by atoms with E-state index in [-0.39, 0.29) is 12.1 Å². The number of nitrogen functional groups attached to an aromatic ring is 1. The number of sulfone groups is 1. The van der Waals surface area contributed by atoms with Crippen LogP contribution in [-0.4, -0.2) is 8.42 Å². The van der Waals surface area contributed by atoms with Gasteiger partial charge in [-0.3, -0.25) is 0 Å². The molecule has 2 N–H and O–H groups in total. The number of nitrogens with two attached hydrogens (primary N) is 1. The molecule has 2 aromatic rings. The van der Waals surface area contributed by atoms with Gasteiger partial charge in [0.25, 0.3) is 0 Å². The van der Waals surface area contributed by atoms with Gasteiger partial charge in [0, 0.05) is 0 Å². The van der Waals surface area contributed by atoms with Crippen molar-refractivity contribution in [3.05, 3.63) is 52.6 Å². The highest BCUT2D eigenvalue weighted by Crippen LogP contribution is 2.44. The lowest BCUT2D eigenvalue weighted by molar-refractivity contribution is -0.144. The van der Waals surface area contributed by atoms with Crippen LogP contribution >= 0.6 is 0 Å². The summed E-state index contributed by atoms with van der Waals surface area (Å²) in [5, 5.41) is 0. The normalized spacial score (nSPS) is 14.0. The van der Waals surface area contributed by atoms with Crippen LogP contribution in [-0.2, 0) is 34.5 Å². The number of rotatable bonds is 2. The molecule has 2 rings (SSSR count). The molecule has 0 amide bonds. The number of hydrogen-bond acceptors (Lipinski definition) is 3. The molecule has 0 unspecified atom stereocenters. The highest BCUT2D eigenvalue weighted by atomic mass is 32.2. The zero-order valence-electron chi connectivity index (χ0n) is 14.7. The quantitative estimate of drug-likeness (QED) is 0.392. The van der Waals surface area contributed by atoms with Gasteiger partial charge in [-0.05, 0) is 30.3 Å². The Kier molecular flexibility index (Phi) is 5.96. The SMILES string of the molecule is Nc1c(C(F)(F)F)cc(S(=O)(=O)c2cc(C(F)(F)F)cc(C(F)(F)F)c2)cc1C(F)(F)F. The molecule has 0 fully saturated rings. The third-order valence-electron chi connectivity index (χ3n) is 3.95. The van der Waals surface area contributed by atoms with Gasteiger partial charge in [-0.15, -0.1) is 0 Å². The van der Waals surface area contributed by atoms with Gasteiger partial charge >= 0.3 is 24.7 Å². The monoisotopic (exact) mass is 505 g/mol. The first-order chi connectivity index (χ1) is 14.1. The van der Waals surface area contributed by atoms with Crippen LogP contribution in [0.1, 0.15) is 22.3 Å². The second kappa shape index (κ2) is 7.45. The van der Waals surface area contributed by atoms with Gasteiger partial charge in [-0.2, -0.15) is 52.7 Å². The van der Waals surface area contributed by atoms with E-state index in [1.165, 1.54) is 0 Å². The van der Waals surface area contributed by atoms with Gasteiger partial charge in [0.2, 0.25) is 9.84 Å². The highest BCUT2D eigenvalue weighted by molar-refractivity contribution is 7.91. The van der Waals surface area contributed by atoms with Crippen LogP contribution in [0, 0.1) is 0 Å². The molecule has 0 heterocycles. The molecule has 2 aromatic carbocycles. The molecule has 0 aliphatic rings. The smallest absolute Gasteiger partial charge is 0.398 e. The summed E-state index contributed by atoms with van der Waals surface area (Å²) >= 11 is 0. The fraction of sp³-hybridized carbons (Fsp3) is 0.250. The molecular formula is C16H7F12NO2S. The van der Waals surface area contributed by atoms with Gasteiger partial charge in [0.15, 0.2) is 0 Å². The van der Waals surface area contributed by atoms with Crippen molar-refractivity contribution in [2.24, 2.45) is 0 Å². The zero-order valence-corrected chi connectivity index (χ0v) is 15.5. The summed E-state index contributed by atoms with van der Waals surface area (Å²) in [5.74, 6) is 0. The fourth-order valence-electron chi connectivity index (χ4n) is 2.47. The molecule has 0 saturated carbocycles. The maximum absolute atomic E-state index is 13.1. The second-order valence-corrected chi connectivity index (χ2v) is 8.12. The molecule has 0 saturated heterocycles. The Morgan fingerprint density at radius 3 is 1.12 bits per heavy atom. The third-order valence-corrected chi connectivity index (χ3v) is 5.66. The second-order valence-electron chi connectivity index (χ2n) is 6.17. The molecule has 3 nitrogen and oxygen atoms in total. The maximum atomic E-state index is 13.1. The van der Waals surface area contributed by atoms with Gasteiger partial charge < -0.3 is 5.73 Å². The Morgan fingerprint density at radius 2 is 0.844 bits per heavy atom. The largest absolute Gasteiger partial charge is 0.418 e. The molecule has 0 spiro atoms.